The van der Waals surface area contributed by atoms with E-state index >= 15 is 0 Å². The fourth-order valence-corrected chi connectivity index (χ4v) is 3.76. The van der Waals surface area contributed by atoms with Gasteiger partial charge >= 0.3 is 0 Å². The zero-order valence-electron chi connectivity index (χ0n) is 13.0. The van der Waals surface area contributed by atoms with Gasteiger partial charge in [-0.15, -0.1) is 0 Å². The van der Waals surface area contributed by atoms with Crippen LogP contribution in [-0.4, -0.2) is 61.2 Å². The monoisotopic (exact) mass is 267 g/mol. The number of nitrogens with one attached hydrogen (secondary N) is 1. The minimum Gasteiger partial charge on any atom is -0.315 e. The Morgan fingerprint density at radius 3 is 2.74 bits per heavy atom. The van der Waals surface area contributed by atoms with Crippen LogP contribution >= 0.6 is 0 Å². The summed E-state index contributed by atoms with van der Waals surface area (Å²) in [7, 11) is 0. The van der Waals surface area contributed by atoms with E-state index in [1.165, 1.54) is 77.8 Å². The maximum atomic E-state index is 3.64. The van der Waals surface area contributed by atoms with Gasteiger partial charge in [-0.2, -0.15) is 0 Å². The van der Waals surface area contributed by atoms with E-state index in [0.29, 0.717) is 0 Å². The first kappa shape index (κ1) is 15.3. The summed E-state index contributed by atoms with van der Waals surface area (Å²) in [6.45, 7) is 12.3. The summed E-state index contributed by atoms with van der Waals surface area (Å²) in [5, 5.41) is 3.64. The van der Waals surface area contributed by atoms with E-state index in [-0.39, 0.29) is 0 Å². The van der Waals surface area contributed by atoms with Crippen LogP contribution in [0.4, 0.5) is 0 Å². The molecule has 2 rings (SSSR count). The van der Waals surface area contributed by atoms with Crippen molar-refractivity contribution >= 4 is 0 Å². The van der Waals surface area contributed by atoms with Gasteiger partial charge in [0.05, 0.1) is 0 Å². The van der Waals surface area contributed by atoms with Gasteiger partial charge in [-0.05, 0) is 58.3 Å². The second-order valence-corrected chi connectivity index (χ2v) is 6.33. The molecular weight excluding hydrogens is 234 g/mol. The molecule has 1 N–H and O–H groups in total. The van der Waals surface area contributed by atoms with Crippen LogP contribution in [0.1, 0.15) is 52.4 Å². The molecule has 0 aliphatic carbocycles. The van der Waals surface area contributed by atoms with Gasteiger partial charge in [-0.25, -0.2) is 0 Å². The van der Waals surface area contributed by atoms with Gasteiger partial charge < -0.3 is 5.32 Å². The van der Waals surface area contributed by atoms with E-state index in [1.54, 1.807) is 0 Å². The van der Waals surface area contributed by atoms with Crippen molar-refractivity contribution in [3.8, 4) is 0 Å². The molecule has 2 aliphatic rings. The fourth-order valence-electron chi connectivity index (χ4n) is 3.76. The maximum Gasteiger partial charge on any atom is 0.0223 e. The van der Waals surface area contributed by atoms with Gasteiger partial charge in [0.2, 0.25) is 0 Å². The Morgan fingerprint density at radius 1 is 1.11 bits per heavy atom. The number of hydrogen-bond acceptors (Lipinski definition) is 3. The standard InChI is InChI=1S/C16H33N3/c1-3-7-15(13-17-9-4-2)19-12-6-11-18-10-5-8-16(18)14-19/h15-17H,3-14H2,1-2H3. The Bertz CT molecular complexity index is 244. The lowest BCUT2D eigenvalue weighted by molar-refractivity contribution is 0.161. The summed E-state index contributed by atoms with van der Waals surface area (Å²) in [6.07, 6.45) is 8.12. The van der Waals surface area contributed by atoms with E-state index in [0.717, 1.165) is 12.1 Å². The van der Waals surface area contributed by atoms with E-state index in [9.17, 15) is 0 Å². The minimum absolute atomic E-state index is 0.761. The fraction of sp³-hybridized carbons (Fsp3) is 1.00. The summed E-state index contributed by atoms with van der Waals surface area (Å²) in [5.41, 5.74) is 0. The lowest BCUT2D eigenvalue weighted by Crippen LogP contribution is -2.46. The highest BCUT2D eigenvalue weighted by Crippen LogP contribution is 2.23. The maximum absolute atomic E-state index is 3.64. The smallest absolute Gasteiger partial charge is 0.0223 e. The first-order valence-corrected chi connectivity index (χ1v) is 8.54. The van der Waals surface area contributed by atoms with Crippen molar-refractivity contribution in [1.82, 2.24) is 15.1 Å². The number of rotatable bonds is 7. The summed E-state index contributed by atoms with van der Waals surface area (Å²) in [4.78, 5) is 5.53. The Hall–Kier alpha value is -0.120. The van der Waals surface area contributed by atoms with Crippen molar-refractivity contribution < 1.29 is 0 Å². The Kier molecular flexibility index (Phi) is 6.62. The summed E-state index contributed by atoms with van der Waals surface area (Å²) in [5.74, 6) is 0. The molecule has 2 saturated heterocycles. The number of fused-ring (bicyclic) bond motifs is 1. The largest absolute Gasteiger partial charge is 0.315 e. The van der Waals surface area contributed by atoms with Crippen LogP contribution in [0.5, 0.6) is 0 Å². The average Bonchev–Trinajstić information content (AvgIpc) is 2.75. The first-order chi connectivity index (χ1) is 9.35. The molecule has 2 atom stereocenters. The zero-order valence-corrected chi connectivity index (χ0v) is 13.0. The molecule has 0 spiro atoms. The molecule has 0 aromatic carbocycles. The van der Waals surface area contributed by atoms with Gasteiger partial charge in [-0.1, -0.05) is 20.3 Å². The van der Waals surface area contributed by atoms with Gasteiger partial charge in [0.1, 0.15) is 0 Å². The van der Waals surface area contributed by atoms with E-state index in [4.69, 9.17) is 0 Å². The first-order valence-electron chi connectivity index (χ1n) is 8.54. The molecule has 3 nitrogen and oxygen atoms in total. The van der Waals surface area contributed by atoms with Crippen LogP contribution in [0.15, 0.2) is 0 Å². The Morgan fingerprint density at radius 2 is 1.95 bits per heavy atom. The van der Waals surface area contributed by atoms with Crippen molar-refractivity contribution in [3.63, 3.8) is 0 Å². The van der Waals surface area contributed by atoms with Crippen molar-refractivity contribution in [2.45, 2.75) is 64.5 Å². The molecule has 3 heteroatoms. The number of hydrogen-bond donors (Lipinski definition) is 1. The molecular formula is C16H33N3. The predicted molar refractivity (Wildman–Crippen MR) is 82.6 cm³/mol. The normalized spacial score (nSPS) is 27.2. The molecule has 0 aromatic heterocycles. The van der Waals surface area contributed by atoms with Crippen LogP contribution < -0.4 is 5.32 Å². The third kappa shape index (κ3) is 4.44. The summed E-state index contributed by atoms with van der Waals surface area (Å²) in [6, 6.07) is 1.62. The quantitative estimate of drug-likeness (QED) is 0.714. The van der Waals surface area contributed by atoms with Gasteiger partial charge in [0.15, 0.2) is 0 Å². The molecule has 0 saturated carbocycles. The van der Waals surface area contributed by atoms with Gasteiger partial charge in [0.25, 0.3) is 0 Å². The van der Waals surface area contributed by atoms with Crippen LogP contribution in [0.2, 0.25) is 0 Å². The number of nitrogens with zero attached hydrogens (tertiary/aromatic N) is 2. The highest BCUT2D eigenvalue weighted by atomic mass is 15.3. The molecule has 0 aromatic rings. The zero-order chi connectivity index (χ0) is 13.5. The predicted octanol–water partition coefficient (Wildman–Crippen LogP) is 2.32. The Labute approximate surface area is 119 Å². The lowest BCUT2D eigenvalue weighted by Gasteiger charge is -2.33. The molecule has 0 amide bonds. The van der Waals surface area contributed by atoms with Crippen LogP contribution in [-0.2, 0) is 0 Å². The highest BCUT2D eigenvalue weighted by Gasteiger charge is 2.30. The van der Waals surface area contributed by atoms with Crippen LogP contribution in [0, 0.1) is 0 Å². The van der Waals surface area contributed by atoms with E-state index in [2.05, 4.69) is 29.0 Å². The van der Waals surface area contributed by atoms with Crippen molar-refractivity contribution in [2.24, 2.45) is 0 Å². The third-order valence-electron chi connectivity index (χ3n) is 4.78. The van der Waals surface area contributed by atoms with Gasteiger partial charge in [0, 0.05) is 25.2 Å². The van der Waals surface area contributed by atoms with Crippen molar-refractivity contribution in [3.05, 3.63) is 0 Å². The van der Waals surface area contributed by atoms with Crippen LogP contribution in [0.3, 0.4) is 0 Å². The molecule has 2 aliphatic heterocycles. The summed E-state index contributed by atoms with van der Waals surface area (Å²) < 4.78 is 0. The van der Waals surface area contributed by atoms with E-state index in [1.807, 2.05) is 0 Å². The highest BCUT2D eigenvalue weighted by molar-refractivity contribution is 4.87. The van der Waals surface area contributed by atoms with Crippen molar-refractivity contribution in [1.29, 1.82) is 0 Å². The Balaban J connectivity index is 1.87. The molecule has 2 unspecified atom stereocenters. The SMILES string of the molecule is CCCNCC(CCC)N1CCCN2CCCC2C1. The molecule has 0 bridgehead atoms. The lowest BCUT2D eigenvalue weighted by atomic mass is 10.1. The topological polar surface area (TPSA) is 18.5 Å². The van der Waals surface area contributed by atoms with E-state index < -0.39 is 0 Å². The molecule has 112 valence electrons. The second kappa shape index (κ2) is 8.23. The minimum atomic E-state index is 0.761. The molecule has 2 heterocycles. The average molecular weight is 267 g/mol. The summed E-state index contributed by atoms with van der Waals surface area (Å²) >= 11 is 0. The molecule has 2 fully saturated rings. The molecule has 0 radical (unpaired) electrons. The van der Waals surface area contributed by atoms with Crippen molar-refractivity contribution in [2.75, 3.05) is 39.3 Å². The van der Waals surface area contributed by atoms with Crippen LogP contribution in [0.25, 0.3) is 0 Å². The van der Waals surface area contributed by atoms with Gasteiger partial charge in [-0.3, -0.25) is 9.80 Å². The third-order valence-corrected chi connectivity index (χ3v) is 4.78. The molecule has 19 heavy (non-hydrogen) atoms. The second-order valence-electron chi connectivity index (χ2n) is 6.33.